The molecule has 13 heavy (non-hydrogen) atoms. The standard InChI is InChI=1S/C10H16N2S/c1-7-4-8(5-7)9-6-13-10(12-9)2-3-11/h6-8H,2-5,11H2,1H3. The summed E-state index contributed by atoms with van der Waals surface area (Å²) >= 11 is 1.76. The van der Waals surface area contributed by atoms with Crippen LogP contribution in [0.2, 0.25) is 0 Å². The minimum Gasteiger partial charge on any atom is -0.330 e. The summed E-state index contributed by atoms with van der Waals surface area (Å²) in [5, 5.41) is 3.42. The third-order valence-corrected chi connectivity index (χ3v) is 3.65. The Hall–Kier alpha value is -0.410. The first-order valence-electron chi connectivity index (χ1n) is 4.94. The average Bonchev–Trinajstić information content (AvgIpc) is 2.48. The monoisotopic (exact) mass is 196 g/mol. The van der Waals surface area contributed by atoms with Gasteiger partial charge in [0.1, 0.15) is 0 Å². The first-order chi connectivity index (χ1) is 6.29. The van der Waals surface area contributed by atoms with Gasteiger partial charge in [-0.3, -0.25) is 0 Å². The van der Waals surface area contributed by atoms with Gasteiger partial charge in [0.2, 0.25) is 0 Å². The molecule has 2 nitrogen and oxygen atoms in total. The fraction of sp³-hybridized carbons (Fsp3) is 0.700. The molecule has 0 aromatic carbocycles. The fourth-order valence-electron chi connectivity index (χ4n) is 1.89. The molecule has 0 bridgehead atoms. The first kappa shape index (κ1) is 9.16. The molecule has 1 aliphatic carbocycles. The maximum Gasteiger partial charge on any atom is 0.0940 e. The summed E-state index contributed by atoms with van der Waals surface area (Å²) < 4.78 is 0. The molecular weight excluding hydrogens is 180 g/mol. The van der Waals surface area contributed by atoms with Gasteiger partial charge in [0.15, 0.2) is 0 Å². The summed E-state index contributed by atoms with van der Waals surface area (Å²) in [5.74, 6) is 1.66. The molecule has 1 saturated carbocycles. The molecule has 2 rings (SSSR count). The normalized spacial score (nSPS) is 27.2. The maximum atomic E-state index is 5.48. The largest absolute Gasteiger partial charge is 0.330 e. The fourth-order valence-corrected chi connectivity index (χ4v) is 2.79. The lowest BCUT2D eigenvalue weighted by Crippen LogP contribution is -2.19. The lowest BCUT2D eigenvalue weighted by molar-refractivity contribution is 0.284. The highest BCUT2D eigenvalue weighted by atomic mass is 32.1. The molecule has 0 spiro atoms. The minimum atomic E-state index is 0.716. The van der Waals surface area contributed by atoms with Crippen molar-refractivity contribution in [1.29, 1.82) is 0 Å². The van der Waals surface area contributed by atoms with Gasteiger partial charge in [0.25, 0.3) is 0 Å². The second-order valence-electron chi connectivity index (χ2n) is 3.98. The highest BCUT2D eigenvalue weighted by Gasteiger charge is 2.28. The molecule has 2 N–H and O–H groups in total. The van der Waals surface area contributed by atoms with Crippen LogP contribution < -0.4 is 5.73 Å². The molecule has 72 valence electrons. The molecule has 1 heterocycles. The van der Waals surface area contributed by atoms with E-state index in [-0.39, 0.29) is 0 Å². The predicted molar refractivity (Wildman–Crippen MR) is 56.0 cm³/mol. The zero-order valence-corrected chi connectivity index (χ0v) is 8.81. The van der Waals surface area contributed by atoms with E-state index in [0.717, 1.165) is 18.3 Å². The quantitative estimate of drug-likeness (QED) is 0.804. The van der Waals surface area contributed by atoms with Crippen LogP contribution in [0.15, 0.2) is 5.38 Å². The number of nitrogens with zero attached hydrogens (tertiary/aromatic N) is 1. The van der Waals surface area contributed by atoms with Crippen molar-refractivity contribution in [1.82, 2.24) is 4.98 Å². The maximum absolute atomic E-state index is 5.48. The number of thiazole rings is 1. The molecule has 0 amide bonds. The van der Waals surface area contributed by atoms with E-state index in [1.807, 2.05) is 0 Å². The van der Waals surface area contributed by atoms with Crippen LogP contribution in [-0.2, 0) is 6.42 Å². The van der Waals surface area contributed by atoms with Gasteiger partial charge in [-0.25, -0.2) is 4.98 Å². The molecular formula is C10H16N2S. The zero-order valence-electron chi connectivity index (χ0n) is 7.99. The van der Waals surface area contributed by atoms with E-state index in [9.17, 15) is 0 Å². The number of aromatic nitrogens is 1. The van der Waals surface area contributed by atoms with E-state index in [2.05, 4.69) is 17.3 Å². The van der Waals surface area contributed by atoms with Crippen molar-refractivity contribution in [2.45, 2.75) is 32.1 Å². The molecule has 0 unspecified atom stereocenters. The Bertz CT molecular complexity index is 276. The average molecular weight is 196 g/mol. The lowest BCUT2D eigenvalue weighted by Gasteiger charge is -2.31. The van der Waals surface area contributed by atoms with Crippen molar-refractivity contribution in [3.63, 3.8) is 0 Å². The van der Waals surface area contributed by atoms with Gasteiger partial charge < -0.3 is 5.73 Å². The Balaban J connectivity index is 1.97. The van der Waals surface area contributed by atoms with E-state index in [0.29, 0.717) is 6.54 Å². The van der Waals surface area contributed by atoms with Crippen LogP contribution in [0, 0.1) is 5.92 Å². The van der Waals surface area contributed by atoms with Crippen LogP contribution in [0.3, 0.4) is 0 Å². The van der Waals surface area contributed by atoms with Gasteiger partial charge in [-0.15, -0.1) is 11.3 Å². The van der Waals surface area contributed by atoms with Gasteiger partial charge in [0, 0.05) is 17.7 Å². The van der Waals surface area contributed by atoms with E-state index < -0.39 is 0 Å². The van der Waals surface area contributed by atoms with Gasteiger partial charge >= 0.3 is 0 Å². The van der Waals surface area contributed by atoms with Crippen LogP contribution in [-0.4, -0.2) is 11.5 Å². The van der Waals surface area contributed by atoms with Crippen molar-refractivity contribution in [2.75, 3.05) is 6.54 Å². The predicted octanol–water partition coefficient (Wildman–Crippen LogP) is 2.16. The summed E-state index contributed by atoms with van der Waals surface area (Å²) in [6, 6.07) is 0. The van der Waals surface area contributed by atoms with E-state index >= 15 is 0 Å². The Kier molecular flexibility index (Phi) is 2.65. The molecule has 1 fully saturated rings. The van der Waals surface area contributed by atoms with Crippen molar-refractivity contribution >= 4 is 11.3 Å². The molecule has 0 saturated heterocycles. The minimum absolute atomic E-state index is 0.716. The smallest absolute Gasteiger partial charge is 0.0940 e. The molecule has 3 heteroatoms. The van der Waals surface area contributed by atoms with Crippen molar-refractivity contribution in [3.8, 4) is 0 Å². The van der Waals surface area contributed by atoms with Crippen molar-refractivity contribution in [2.24, 2.45) is 11.7 Å². The van der Waals surface area contributed by atoms with Crippen molar-refractivity contribution < 1.29 is 0 Å². The summed E-state index contributed by atoms with van der Waals surface area (Å²) in [6.07, 6.45) is 3.59. The van der Waals surface area contributed by atoms with Gasteiger partial charge in [-0.2, -0.15) is 0 Å². The molecule has 1 aliphatic rings. The van der Waals surface area contributed by atoms with Gasteiger partial charge in [0.05, 0.1) is 10.7 Å². The second-order valence-corrected chi connectivity index (χ2v) is 4.92. The lowest BCUT2D eigenvalue weighted by atomic mass is 9.75. The summed E-state index contributed by atoms with van der Waals surface area (Å²) in [6.45, 7) is 3.03. The highest BCUT2D eigenvalue weighted by Crippen LogP contribution is 2.41. The summed E-state index contributed by atoms with van der Waals surface area (Å²) in [5.41, 5.74) is 6.79. The number of hydrogen-bond donors (Lipinski definition) is 1. The van der Waals surface area contributed by atoms with Crippen molar-refractivity contribution in [3.05, 3.63) is 16.1 Å². The third-order valence-electron chi connectivity index (χ3n) is 2.72. The van der Waals surface area contributed by atoms with Crippen LogP contribution >= 0.6 is 11.3 Å². The van der Waals surface area contributed by atoms with Crippen LogP contribution in [0.4, 0.5) is 0 Å². The van der Waals surface area contributed by atoms with Crippen LogP contribution in [0.25, 0.3) is 0 Å². The molecule has 1 aromatic rings. The van der Waals surface area contributed by atoms with E-state index in [1.54, 1.807) is 11.3 Å². The van der Waals surface area contributed by atoms with Crippen LogP contribution in [0.5, 0.6) is 0 Å². The SMILES string of the molecule is CC1CC(c2csc(CCN)n2)C1. The topological polar surface area (TPSA) is 38.9 Å². The van der Waals surface area contributed by atoms with E-state index in [4.69, 9.17) is 5.73 Å². The molecule has 0 aliphatic heterocycles. The van der Waals surface area contributed by atoms with Crippen LogP contribution in [0.1, 0.15) is 36.4 Å². The number of nitrogens with two attached hydrogens (primary N) is 1. The highest BCUT2D eigenvalue weighted by molar-refractivity contribution is 7.09. The molecule has 0 atom stereocenters. The summed E-state index contributed by atoms with van der Waals surface area (Å²) in [7, 11) is 0. The molecule has 1 aromatic heterocycles. The Labute approximate surface area is 83.2 Å². The third kappa shape index (κ3) is 1.92. The molecule has 0 radical (unpaired) electrons. The summed E-state index contributed by atoms with van der Waals surface area (Å²) in [4.78, 5) is 4.59. The Morgan fingerprint density at radius 1 is 1.62 bits per heavy atom. The Morgan fingerprint density at radius 3 is 3.00 bits per heavy atom. The first-order valence-corrected chi connectivity index (χ1v) is 5.82. The zero-order chi connectivity index (χ0) is 9.26. The van der Waals surface area contributed by atoms with Gasteiger partial charge in [-0.1, -0.05) is 6.92 Å². The Morgan fingerprint density at radius 2 is 2.38 bits per heavy atom. The second kappa shape index (κ2) is 3.76. The number of rotatable bonds is 3. The van der Waals surface area contributed by atoms with Gasteiger partial charge in [-0.05, 0) is 25.3 Å². The van der Waals surface area contributed by atoms with E-state index in [1.165, 1.54) is 23.5 Å². The number of hydrogen-bond acceptors (Lipinski definition) is 3.